The van der Waals surface area contributed by atoms with Crippen LogP contribution in [0.2, 0.25) is 0 Å². The summed E-state index contributed by atoms with van der Waals surface area (Å²) >= 11 is 1.80. The molecule has 0 saturated heterocycles. The van der Waals surface area contributed by atoms with Crippen molar-refractivity contribution in [1.82, 2.24) is 10.6 Å². The maximum absolute atomic E-state index is 11.4. The molecule has 0 radical (unpaired) electrons. The van der Waals surface area contributed by atoms with Gasteiger partial charge in [0.05, 0.1) is 6.04 Å². The van der Waals surface area contributed by atoms with Gasteiger partial charge >= 0.3 is 0 Å². The highest BCUT2D eigenvalue weighted by Gasteiger charge is 2.11. The van der Waals surface area contributed by atoms with Gasteiger partial charge < -0.3 is 10.6 Å². The lowest BCUT2D eigenvalue weighted by Gasteiger charge is -2.16. The van der Waals surface area contributed by atoms with Gasteiger partial charge in [-0.05, 0) is 19.6 Å². The van der Waals surface area contributed by atoms with Gasteiger partial charge in [0.2, 0.25) is 5.91 Å². The molecule has 1 amide bonds. The molecule has 84 valence electrons. The van der Waals surface area contributed by atoms with Crippen LogP contribution in [0.15, 0.2) is 0 Å². The van der Waals surface area contributed by atoms with Crippen LogP contribution in [0.3, 0.4) is 0 Å². The third-order valence-electron chi connectivity index (χ3n) is 2.06. The summed E-state index contributed by atoms with van der Waals surface area (Å²) in [5, 5.41) is 6.63. The van der Waals surface area contributed by atoms with Crippen molar-refractivity contribution in [2.75, 3.05) is 19.3 Å². The normalized spacial score (nSPS) is 14.9. The zero-order valence-corrected chi connectivity index (χ0v) is 10.4. The van der Waals surface area contributed by atoms with Crippen molar-refractivity contribution < 1.29 is 4.79 Å². The molecule has 0 rings (SSSR count). The maximum Gasteiger partial charge on any atom is 0.236 e. The number of nitrogens with one attached hydrogen (secondary N) is 2. The fourth-order valence-electron chi connectivity index (χ4n) is 0.920. The number of rotatable bonds is 7. The average molecular weight is 218 g/mol. The molecule has 2 N–H and O–H groups in total. The predicted octanol–water partition coefficient (Wildman–Crippen LogP) is 1.24. The molecule has 0 aromatic carbocycles. The molecule has 2 unspecified atom stereocenters. The molecule has 3 nitrogen and oxygen atoms in total. The van der Waals surface area contributed by atoms with E-state index in [9.17, 15) is 4.79 Å². The van der Waals surface area contributed by atoms with Crippen LogP contribution in [-0.2, 0) is 4.79 Å². The fraction of sp³-hybridized carbons (Fsp3) is 0.900. The van der Waals surface area contributed by atoms with Crippen LogP contribution < -0.4 is 10.6 Å². The van der Waals surface area contributed by atoms with E-state index < -0.39 is 0 Å². The van der Waals surface area contributed by atoms with Gasteiger partial charge in [0.1, 0.15) is 0 Å². The van der Waals surface area contributed by atoms with Crippen LogP contribution in [0.4, 0.5) is 0 Å². The van der Waals surface area contributed by atoms with Crippen molar-refractivity contribution in [3.63, 3.8) is 0 Å². The first-order valence-electron chi connectivity index (χ1n) is 5.15. The van der Waals surface area contributed by atoms with E-state index >= 15 is 0 Å². The molecular formula is C10H22N2OS. The Bertz CT molecular complexity index is 164. The summed E-state index contributed by atoms with van der Waals surface area (Å²) in [6.45, 7) is 7.74. The molecule has 4 heteroatoms. The van der Waals surface area contributed by atoms with Gasteiger partial charge in [-0.25, -0.2) is 0 Å². The van der Waals surface area contributed by atoms with Gasteiger partial charge in [-0.2, -0.15) is 11.8 Å². The van der Waals surface area contributed by atoms with Crippen LogP contribution in [-0.4, -0.2) is 36.5 Å². The molecule has 14 heavy (non-hydrogen) atoms. The van der Waals surface area contributed by atoms with E-state index in [-0.39, 0.29) is 11.9 Å². The molecule has 0 aliphatic carbocycles. The second-order valence-electron chi connectivity index (χ2n) is 3.47. The Morgan fingerprint density at radius 1 is 1.43 bits per heavy atom. The van der Waals surface area contributed by atoms with E-state index in [1.54, 1.807) is 11.8 Å². The molecule has 0 fully saturated rings. The number of carbonyl (C=O) groups excluding carboxylic acids is 1. The van der Waals surface area contributed by atoms with Crippen LogP contribution in [0, 0.1) is 0 Å². The van der Waals surface area contributed by atoms with Crippen molar-refractivity contribution >= 4 is 17.7 Å². The predicted molar refractivity (Wildman–Crippen MR) is 63.7 cm³/mol. The van der Waals surface area contributed by atoms with Gasteiger partial charge in [0, 0.05) is 18.3 Å². The number of carbonyl (C=O) groups is 1. The highest BCUT2D eigenvalue weighted by molar-refractivity contribution is 7.99. The second kappa shape index (κ2) is 8.12. The topological polar surface area (TPSA) is 41.1 Å². The van der Waals surface area contributed by atoms with E-state index in [0.29, 0.717) is 5.25 Å². The largest absolute Gasteiger partial charge is 0.355 e. The lowest BCUT2D eigenvalue weighted by Crippen LogP contribution is -2.44. The quantitative estimate of drug-likeness (QED) is 0.675. The minimum atomic E-state index is -0.0869. The van der Waals surface area contributed by atoms with Crippen molar-refractivity contribution in [2.24, 2.45) is 0 Å². The smallest absolute Gasteiger partial charge is 0.236 e. The Morgan fingerprint density at radius 3 is 2.57 bits per heavy atom. The maximum atomic E-state index is 11.4. The Kier molecular flexibility index (Phi) is 7.99. The van der Waals surface area contributed by atoms with Crippen molar-refractivity contribution in [3.05, 3.63) is 0 Å². The van der Waals surface area contributed by atoms with E-state index in [2.05, 4.69) is 23.8 Å². The van der Waals surface area contributed by atoms with Gasteiger partial charge in [-0.15, -0.1) is 0 Å². The van der Waals surface area contributed by atoms with Gasteiger partial charge in [-0.1, -0.05) is 13.8 Å². The minimum Gasteiger partial charge on any atom is -0.355 e. The first kappa shape index (κ1) is 13.8. The second-order valence-corrected chi connectivity index (χ2v) is 4.74. The summed E-state index contributed by atoms with van der Waals surface area (Å²) in [6, 6.07) is -0.0869. The van der Waals surface area contributed by atoms with Gasteiger partial charge in [0.15, 0.2) is 0 Å². The molecule has 0 heterocycles. The zero-order chi connectivity index (χ0) is 11.0. The van der Waals surface area contributed by atoms with Gasteiger partial charge in [-0.3, -0.25) is 4.79 Å². The minimum absolute atomic E-state index is 0.0869. The Labute approximate surface area is 91.4 Å². The lowest BCUT2D eigenvalue weighted by molar-refractivity contribution is -0.122. The van der Waals surface area contributed by atoms with Gasteiger partial charge in [0.25, 0.3) is 0 Å². The molecule has 0 aliphatic rings. The van der Waals surface area contributed by atoms with Crippen molar-refractivity contribution in [3.8, 4) is 0 Å². The SMILES string of the molecule is CCCNC(=O)C(C)NCC(C)SC. The molecule has 0 aromatic heterocycles. The number of hydrogen-bond acceptors (Lipinski definition) is 3. The fourth-order valence-corrected chi connectivity index (χ4v) is 1.18. The van der Waals surface area contributed by atoms with E-state index in [1.807, 2.05) is 13.8 Å². The van der Waals surface area contributed by atoms with E-state index in [0.717, 1.165) is 19.5 Å². The summed E-state index contributed by atoms with van der Waals surface area (Å²) in [5.74, 6) is 0.0974. The Balaban J connectivity index is 3.61. The van der Waals surface area contributed by atoms with Crippen LogP contribution in [0.1, 0.15) is 27.2 Å². The molecule has 0 aliphatic heterocycles. The zero-order valence-electron chi connectivity index (χ0n) is 9.59. The first-order chi connectivity index (χ1) is 6.61. The molecule has 0 bridgehead atoms. The summed E-state index contributed by atoms with van der Waals surface area (Å²) in [6.07, 6.45) is 3.06. The van der Waals surface area contributed by atoms with Crippen LogP contribution in [0.5, 0.6) is 0 Å². The molecule has 0 spiro atoms. The third-order valence-corrected chi connectivity index (χ3v) is 3.03. The standard InChI is InChI=1S/C10H22N2OS/c1-5-6-11-10(13)9(3)12-7-8(2)14-4/h8-9,12H,5-7H2,1-4H3,(H,11,13). The Hall–Kier alpha value is -0.220. The summed E-state index contributed by atoms with van der Waals surface area (Å²) < 4.78 is 0. The molecule has 0 saturated carbocycles. The third kappa shape index (κ3) is 6.27. The molecule has 2 atom stereocenters. The number of amides is 1. The summed E-state index contributed by atoms with van der Waals surface area (Å²) in [7, 11) is 0. The number of thioether (sulfide) groups is 1. The molecular weight excluding hydrogens is 196 g/mol. The van der Waals surface area contributed by atoms with Crippen LogP contribution in [0.25, 0.3) is 0 Å². The molecule has 0 aromatic rings. The monoisotopic (exact) mass is 218 g/mol. The Morgan fingerprint density at radius 2 is 2.07 bits per heavy atom. The highest BCUT2D eigenvalue weighted by Crippen LogP contribution is 2.02. The number of hydrogen-bond donors (Lipinski definition) is 2. The van der Waals surface area contributed by atoms with E-state index in [1.165, 1.54) is 0 Å². The van der Waals surface area contributed by atoms with Crippen LogP contribution >= 0.6 is 11.8 Å². The van der Waals surface area contributed by atoms with Crippen molar-refractivity contribution in [2.45, 2.75) is 38.5 Å². The first-order valence-corrected chi connectivity index (χ1v) is 6.44. The van der Waals surface area contributed by atoms with Crippen molar-refractivity contribution in [1.29, 1.82) is 0 Å². The lowest BCUT2D eigenvalue weighted by atomic mass is 10.3. The van der Waals surface area contributed by atoms with E-state index in [4.69, 9.17) is 0 Å². The summed E-state index contributed by atoms with van der Waals surface area (Å²) in [5.41, 5.74) is 0. The average Bonchev–Trinajstić information content (AvgIpc) is 2.21. The highest BCUT2D eigenvalue weighted by atomic mass is 32.2. The summed E-state index contributed by atoms with van der Waals surface area (Å²) in [4.78, 5) is 11.4.